The van der Waals surface area contributed by atoms with Crippen LogP contribution in [0.2, 0.25) is 0 Å². The zero-order valence-corrected chi connectivity index (χ0v) is 11.3. The second kappa shape index (κ2) is 4.83. The molecule has 0 saturated carbocycles. The van der Waals surface area contributed by atoms with E-state index in [9.17, 15) is 0 Å². The predicted octanol–water partition coefficient (Wildman–Crippen LogP) is 4.91. The highest BCUT2D eigenvalue weighted by Crippen LogP contribution is 2.31. The molecular formula is C16H12BrN. The molecule has 1 nitrogen and oxygen atoms in total. The number of para-hydroxylation sites is 1. The quantitative estimate of drug-likeness (QED) is 0.633. The van der Waals surface area contributed by atoms with Gasteiger partial charge in [0.1, 0.15) is 0 Å². The van der Waals surface area contributed by atoms with Crippen LogP contribution in [-0.4, -0.2) is 4.57 Å². The average Bonchev–Trinajstić information content (AvgIpc) is 2.83. The summed E-state index contributed by atoms with van der Waals surface area (Å²) in [6.45, 7) is 0. The molecule has 3 rings (SSSR count). The van der Waals surface area contributed by atoms with E-state index in [0.29, 0.717) is 0 Å². The molecule has 0 saturated heterocycles. The van der Waals surface area contributed by atoms with Crippen LogP contribution in [0.1, 0.15) is 0 Å². The molecule has 0 amide bonds. The molecule has 88 valence electrons. The first-order valence-electron chi connectivity index (χ1n) is 5.84. The summed E-state index contributed by atoms with van der Waals surface area (Å²) in [7, 11) is 0. The first-order valence-corrected chi connectivity index (χ1v) is 6.63. The third-order valence-corrected chi connectivity index (χ3v) is 3.75. The minimum Gasteiger partial charge on any atom is -0.311 e. The van der Waals surface area contributed by atoms with Crippen molar-refractivity contribution < 1.29 is 0 Å². The maximum atomic E-state index is 3.69. The van der Waals surface area contributed by atoms with Gasteiger partial charge in [-0.1, -0.05) is 48.5 Å². The van der Waals surface area contributed by atoms with Gasteiger partial charge in [0.25, 0.3) is 0 Å². The van der Waals surface area contributed by atoms with Crippen molar-refractivity contribution in [2.75, 3.05) is 0 Å². The van der Waals surface area contributed by atoms with Gasteiger partial charge >= 0.3 is 0 Å². The van der Waals surface area contributed by atoms with Gasteiger partial charge in [-0.25, -0.2) is 0 Å². The average molecular weight is 298 g/mol. The van der Waals surface area contributed by atoms with Crippen molar-refractivity contribution in [2.24, 2.45) is 0 Å². The van der Waals surface area contributed by atoms with E-state index in [4.69, 9.17) is 0 Å². The van der Waals surface area contributed by atoms with Crippen molar-refractivity contribution >= 4 is 15.9 Å². The molecule has 0 spiro atoms. The van der Waals surface area contributed by atoms with Gasteiger partial charge in [-0.05, 0) is 39.7 Å². The minimum absolute atomic E-state index is 1.08. The van der Waals surface area contributed by atoms with Crippen molar-refractivity contribution in [1.29, 1.82) is 0 Å². The molecule has 2 aromatic carbocycles. The highest BCUT2D eigenvalue weighted by molar-refractivity contribution is 9.10. The second-order valence-corrected chi connectivity index (χ2v) is 4.84. The molecule has 0 fully saturated rings. The lowest BCUT2D eigenvalue weighted by molar-refractivity contribution is 1.05. The van der Waals surface area contributed by atoms with E-state index in [1.165, 1.54) is 11.1 Å². The Morgan fingerprint density at radius 2 is 1.33 bits per heavy atom. The van der Waals surface area contributed by atoms with E-state index in [0.717, 1.165) is 10.3 Å². The number of halogens is 1. The molecule has 1 heterocycles. The molecule has 0 atom stereocenters. The van der Waals surface area contributed by atoms with Crippen LogP contribution in [0.15, 0.2) is 77.5 Å². The number of nitrogens with zero attached hydrogens (tertiary/aromatic N) is 1. The van der Waals surface area contributed by atoms with Crippen molar-refractivity contribution in [3.8, 4) is 16.8 Å². The molecule has 0 aliphatic heterocycles. The smallest absolute Gasteiger partial charge is 0.0971 e. The monoisotopic (exact) mass is 297 g/mol. The molecule has 0 aliphatic carbocycles. The van der Waals surface area contributed by atoms with Crippen molar-refractivity contribution in [3.05, 3.63) is 77.5 Å². The van der Waals surface area contributed by atoms with E-state index in [1.54, 1.807) is 0 Å². The topological polar surface area (TPSA) is 4.93 Å². The summed E-state index contributed by atoms with van der Waals surface area (Å²) in [6, 6.07) is 22.8. The van der Waals surface area contributed by atoms with Gasteiger partial charge in [-0.3, -0.25) is 0 Å². The van der Waals surface area contributed by atoms with Gasteiger partial charge < -0.3 is 4.57 Å². The van der Waals surface area contributed by atoms with Crippen LogP contribution in [0.5, 0.6) is 0 Å². The van der Waals surface area contributed by atoms with Crippen LogP contribution in [0.25, 0.3) is 16.8 Å². The predicted molar refractivity (Wildman–Crippen MR) is 78.9 cm³/mol. The van der Waals surface area contributed by atoms with Gasteiger partial charge in [0, 0.05) is 17.4 Å². The molecule has 1 aromatic heterocycles. The zero-order valence-electron chi connectivity index (χ0n) is 9.75. The summed E-state index contributed by atoms with van der Waals surface area (Å²) in [4.78, 5) is 0. The van der Waals surface area contributed by atoms with Crippen LogP contribution in [0.4, 0.5) is 0 Å². The van der Waals surface area contributed by atoms with Crippen molar-refractivity contribution in [3.63, 3.8) is 0 Å². The Kier molecular flexibility index (Phi) is 3.03. The van der Waals surface area contributed by atoms with Crippen LogP contribution >= 0.6 is 15.9 Å². The van der Waals surface area contributed by atoms with Gasteiger partial charge in [0.2, 0.25) is 0 Å². The Morgan fingerprint density at radius 3 is 2.00 bits per heavy atom. The highest BCUT2D eigenvalue weighted by Gasteiger charge is 2.08. The van der Waals surface area contributed by atoms with Gasteiger partial charge in [0.15, 0.2) is 0 Å². The molecule has 0 unspecified atom stereocenters. The molecule has 0 aliphatic rings. The lowest BCUT2D eigenvalue weighted by Crippen LogP contribution is -1.91. The lowest BCUT2D eigenvalue weighted by Gasteiger charge is -2.06. The summed E-state index contributed by atoms with van der Waals surface area (Å²) in [5.74, 6) is 0. The number of hydrogen-bond acceptors (Lipinski definition) is 0. The molecule has 18 heavy (non-hydrogen) atoms. The Hall–Kier alpha value is -1.80. The largest absolute Gasteiger partial charge is 0.311 e. The zero-order chi connectivity index (χ0) is 12.4. The Morgan fingerprint density at radius 1 is 0.722 bits per heavy atom. The van der Waals surface area contributed by atoms with Gasteiger partial charge in [-0.15, -0.1) is 0 Å². The third-order valence-electron chi connectivity index (χ3n) is 2.94. The lowest BCUT2D eigenvalue weighted by atomic mass is 10.1. The van der Waals surface area contributed by atoms with Crippen LogP contribution in [-0.2, 0) is 0 Å². The molecule has 3 aromatic rings. The maximum Gasteiger partial charge on any atom is 0.0971 e. The Balaban J connectivity index is 2.09. The molecular weight excluding hydrogens is 286 g/mol. The van der Waals surface area contributed by atoms with E-state index in [-0.39, 0.29) is 0 Å². The van der Waals surface area contributed by atoms with Crippen LogP contribution in [0.3, 0.4) is 0 Å². The Labute approximate surface area is 115 Å². The molecule has 2 heteroatoms. The number of hydrogen-bond donors (Lipinski definition) is 0. The number of aromatic nitrogens is 1. The van der Waals surface area contributed by atoms with Crippen molar-refractivity contribution in [2.45, 2.75) is 0 Å². The fraction of sp³-hybridized carbons (Fsp3) is 0. The summed E-state index contributed by atoms with van der Waals surface area (Å²) >= 11 is 3.69. The maximum absolute atomic E-state index is 3.69. The minimum atomic E-state index is 1.08. The fourth-order valence-electron chi connectivity index (χ4n) is 2.03. The highest BCUT2D eigenvalue weighted by atomic mass is 79.9. The summed E-state index contributed by atoms with van der Waals surface area (Å²) in [6.07, 6.45) is 2.09. The summed E-state index contributed by atoms with van der Waals surface area (Å²) in [5.41, 5.74) is 3.59. The molecule has 0 radical (unpaired) electrons. The van der Waals surface area contributed by atoms with Gasteiger partial charge in [-0.2, -0.15) is 0 Å². The first-order chi connectivity index (χ1) is 8.86. The molecule has 0 N–H and O–H groups in total. The summed E-state index contributed by atoms with van der Waals surface area (Å²) < 4.78 is 3.22. The number of benzene rings is 2. The third kappa shape index (κ3) is 2.00. The van der Waals surface area contributed by atoms with Gasteiger partial charge in [0.05, 0.1) is 4.60 Å². The summed E-state index contributed by atoms with van der Waals surface area (Å²) in [5, 5.41) is 0. The van der Waals surface area contributed by atoms with E-state index < -0.39 is 0 Å². The SMILES string of the molecule is Brc1c(-c2ccccc2)ccn1-c1ccccc1. The van der Waals surface area contributed by atoms with Crippen LogP contribution in [0, 0.1) is 0 Å². The van der Waals surface area contributed by atoms with E-state index in [2.05, 4.69) is 69.2 Å². The number of rotatable bonds is 2. The van der Waals surface area contributed by atoms with E-state index in [1.807, 2.05) is 24.3 Å². The standard InChI is InChI=1S/C16H12BrN/c17-16-15(13-7-3-1-4-8-13)11-12-18(16)14-9-5-2-6-10-14/h1-12H. The fourth-order valence-corrected chi connectivity index (χ4v) is 2.72. The Bertz CT molecular complexity index is 584. The van der Waals surface area contributed by atoms with Crippen LogP contribution < -0.4 is 0 Å². The first kappa shape index (κ1) is 11.3. The normalized spacial score (nSPS) is 10.5. The van der Waals surface area contributed by atoms with E-state index >= 15 is 0 Å². The molecule has 0 bridgehead atoms. The van der Waals surface area contributed by atoms with Crippen molar-refractivity contribution in [1.82, 2.24) is 4.57 Å². The second-order valence-electron chi connectivity index (χ2n) is 4.09.